The van der Waals surface area contributed by atoms with E-state index >= 15 is 0 Å². The Morgan fingerprint density at radius 1 is 1.38 bits per heavy atom. The second-order valence-corrected chi connectivity index (χ2v) is 2.95. The summed E-state index contributed by atoms with van der Waals surface area (Å²) in [7, 11) is 0. The first-order valence-electron chi connectivity index (χ1n) is 4.03. The Morgan fingerprint density at radius 2 is 2.08 bits per heavy atom. The molecule has 1 rings (SSSR count). The molecular weight excluding hydrogens is 183 g/mol. The first-order valence-corrected chi connectivity index (χ1v) is 4.03. The molecule has 74 valence electrons. The second-order valence-electron chi connectivity index (χ2n) is 2.95. The minimum Gasteiger partial charge on any atom is -0.345 e. The standard InChI is InChI=1S/C8H10F3NO/c9-8(10,11)7(13)12-6-4-2-1-3-5-6/h1-2,6H,3-5H2,(H,12,13)/t6-/m1/s1. The van der Waals surface area contributed by atoms with Crippen molar-refractivity contribution in [2.24, 2.45) is 0 Å². The monoisotopic (exact) mass is 193 g/mol. The lowest BCUT2D eigenvalue weighted by Gasteiger charge is -2.19. The van der Waals surface area contributed by atoms with Gasteiger partial charge in [-0.2, -0.15) is 13.2 Å². The summed E-state index contributed by atoms with van der Waals surface area (Å²) in [6.45, 7) is 0. The molecule has 1 N–H and O–H groups in total. The molecule has 0 aromatic rings. The van der Waals surface area contributed by atoms with Crippen LogP contribution in [0.1, 0.15) is 19.3 Å². The summed E-state index contributed by atoms with van der Waals surface area (Å²) >= 11 is 0. The third-order valence-electron chi connectivity index (χ3n) is 1.86. The average Bonchev–Trinajstić information content (AvgIpc) is 2.04. The summed E-state index contributed by atoms with van der Waals surface area (Å²) in [5, 5.41) is 1.94. The maximum absolute atomic E-state index is 11.8. The Balaban J connectivity index is 2.40. The predicted molar refractivity (Wildman–Crippen MR) is 41.0 cm³/mol. The molecule has 0 saturated heterocycles. The second kappa shape index (κ2) is 3.81. The van der Waals surface area contributed by atoms with Gasteiger partial charge in [-0.15, -0.1) is 0 Å². The van der Waals surface area contributed by atoms with E-state index in [4.69, 9.17) is 0 Å². The highest BCUT2D eigenvalue weighted by Crippen LogP contribution is 2.17. The number of allylic oxidation sites excluding steroid dienone is 1. The van der Waals surface area contributed by atoms with Crippen molar-refractivity contribution in [2.45, 2.75) is 31.5 Å². The van der Waals surface area contributed by atoms with Crippen molar-refractivity contribution in [2.75, 3.05) is 0 Å². The van der Waals surface area contributed by atoms with Gasteiger partial charge in [0.15, 0.2) is 0 Å². The highest BCUT2D eigenvalue weighted by Gasteiger charge is 2.39. The number of amides is 1. The highest BCUT2D eigenvalue weighted by molar-refractivity contribution is 5.81. The molecule has 13 heavy (non-hydrogen) atoms. The first-order chi connectivity index (χ1) is 6.00. The maximum Gasteiger partial charge on any atom is 0.471 e. The molecule has 0 spiro atoms. The number of nitrogens with one attached hydrogen (secondary N) is 1. The zero-order valence-corrected chi connectivity index (χ0v) is 6.90. The van der Waals surface area contributed by atoms with E-state index < -0.39 is 12.1 Å². The van der Waals surface area contributed by atoms with E-state index in [9.17, 15) is 18.0 Å². The van der Waals surface area contributed by atoms with Gasteiger partial charge < -0.3 is 5.32 Å². The van der Waals surface area contributed by atoms with Gasteiger partial charge in [-0.05, 0) is 19.3 Å². The van der Waals surface area contributed by atoms with Crippen LogP contribution in [0, 0.1) is 0 Å². The van der Waals surface area contributed by atoms with Crippen LogP contribution in [0.5, 0.6) is 0 Å². The van der Waals surface area contributed by atoms with Crippen LogP contribution < -0.4 is 5.32 Å². The van der Waals surface area contributed by atoms with Crippen LogP contribution in [0.25, 0.3) is 0 Å². The van der Waals surface area contributed by atoms with E-state index in [1.54, 1.807) is 6.08 Å². The van der Waals surface area contributed by atoms with Crippen LogP contribution in [-0.2, 0) is 4.79 Å². The topological polar surface area (TPSA) is 29.1 Å². The quantitative estimate of drug-likeness (QED) is 0.632. The van der Waals surface area contributed by atoms with Gasteiger partial charge in [-0.3, -0.25) is 4.79 Å². The molecule has 1 atom stereocenters. The summed E-state index contributed by atoms with van der Waals surface area (Å²) in [5.74, 6) is -1.84. The van der Waals surface area contributed by atoms with Gasteiger partial charge in [0, 0.05) is 6.04 Å². The molecule has 0 aliphatic heterocycles. The van der Waals surface area contributed by atoms with E-state index in [1.807, 2.05) is 11.4 Å². The van der Waals surface area contributed by atoms with E-state index in [0.717, 1.165) is 6.42 Å². The zero-order chi connectivity index (χ0) is 9.90. The van der Waals surface area contributed by atoms with Crippen LogP contribution in [0.2, 0.25) is 0 Å². The summed E-state index contributed by atoms with van der Waals surface area (Å²) in [5.41, 5.74) is 0. The lowest BCUT2D eigenvalue weighted by atomic mass is 10.0. The third kappa shape index (κ3) is 3.08. The fourth-order valence-corrected chi connectivity index (χ4v) is 1.19. The molecule has 0 unspecified atom stereocenters. The molecule has 0 saturated carbocycles. The van der Waals surface area contributed by atoms with Crippen molar-refractivity contribution in [3.05, 3.63) is 12.2 Å². The molecule has 0 bridgehead atoms. The highest BCUT2D eigenvalue weighted by atomic mass is 19.4. The molecule has 0 aromatic heterocycles. The molecule has 1 amide bonds. The van der Waals surface area contributed by atoms with Crippen LogP contribution in [0.3, 0.4) is 0 Å². The molecule has 5 heteroatoms. The minimum absolute atomic E-state index is 0.362. The number of carbonyl (C=O) groups excluding carboxylic acids is 1. The summed E-state index contributed by atoms with van der Waals surface area (Å²) in [6, 6.07) is -0.362. The van der Waals surface area contributed by atoms with Crippen molar-refractivity contribution >= 4 is 5.91 Å². The van der Waals surface area contributed by atoms with Gasteiger partial charge >= 0.3 is 12.1 Å². The zero-order valence-electron chi connectivity index (χ0n) is 6.90. The largest absolute Gasteiger partial charge is 0.471 e. The molecule has 1 aliphatic carbocycles. The number of carbonyl (C=O) groups is 1. The number of hydrogen-bond donors (Lipinski definition) is 1. The van der Waals surface area contributed by atoms with Gasteiger partial charge in [-0.25, -0.2) is 0 Å². The Kier molecular flexibility index (Phi) is 2.95. The van der Waals surface area contributed by atoms with Crippen molar-refractivity contribution in [1.29, 1.82) is 0 Å². The smallest absolute Gasteiger partial charge is 0.345 e. The van der Waals surface area contributed by atoms with Gasteiger partial charge in [-0.1, -0.05) is 12.2 Å². The Hall–Kier alpha value is -1.00. The number of halogens is 3. The van der Waals surface area contributed by atoms with Crippen molar-refractivity contribution in [3.63, 3.8) is 0 Å². The normalized spacial score (nSPS) is 22.8. The summed E-state index contributed by atoms with van der Waals surface area (Å²) in [6.07, 6.45) is 0.713. The Labute approximate surface area is 73.8 Å². The van der Waals surface area contributed by atoms with Gasteiger partial charge in [0.2, 0.25) is 0 Å². The molecule has 0 aromatic carbocycles. The number of hydrogen-bond acceptors (Lipinski definition) is 1. The lowest BCUT2D eigenvalue weighted by molar-refractivity contribution is -0.174. The van der Waals surface area contributed by atoms with E-state index in [-0.39, 0.29) is 6.04 Å². The van der Waals surface area contributed by atoms with Gasteiger partial charge in [0.25, 0.3) is 0 Å². The maximum atomic E-state index is 11.8. The fraction of sp³-hybridized carbons (Fsp3) is 0.625. The number of rotatable bonds is 1. The van der Waals surface area contributed by atoms with E-state index in [1.165, 1.54) is 0 Å². The van der Waals surface area contributed by atoms with E-state index in [0.29, 0.717) is 12.8 Å². The van der Waals surface area contributed by atoms with Crippen LogP contribution in [0.4, 0.5) is 13.2 Å². The van der Waals surface area contributed by atoms with E-state index in [2.05, 4.69) is 0 Å². The number of alkyl halides is 3. The Bertz CT molecular complexity index is 222. The van der Waals surface area contributed by atoms with Crippen LogP contribution in [0.15, 0.2) is 12.2 Å². The molecule has 0 fully saturated rings. The minimum atomic E-state index is -4.76. The fourth-order valence-electron chi connectivity index (χ4n) is 1.19. The van der Waals surface area contributed by atoms with Crippen LogP contribution in [-0.4, -0.2) is 18.1 Å². The average molecular weight is 193 g/mol. The van der Waals surface area contributed by atoms with Gasteiger partial charge in [0.1, 0.15) is 0 Å². The SMILES string of the molecule is O=C(N[C@@H]1CC=CCC1)C(F)(F)F. The molecule has 0 heterocycles. The molecule has 1 aliphatic rings. The predicted octanol–water partition coefficient (Wildman–Crippen LogP) is 1.77. The van der Waals surface area contributed by atoms with Crippen LogP contribution >= 0.6 is 0 Å². The lowest BCUT2D eigenvalue weighted by Crippen LogP contribution is -2.43. The van der Waals surface area contributed by atoms with Gasteiger partial charge in [0.05, 0.1) is 0 Å². The summed E-state index contributed by atoms with van der Waals surface area (Å²) in [4.78, 5) is 10.5. The first kappa shape index (κ1) is 10.1. The van der Waals surface area contributed by atoms with Crippen molar-refractivity contribution < 1.29 is 18.0 Å². The summed E-state index contributed by atoms with van der Waals surface area (Å²) < 4.78 is 35.3. The Morgan fingerprint density at radius 3 is 2.54 bits per heavy atom. The molecule has 0 radical (unpaired) electrons. The van der Waals surface area contributed by atoms with Crippen molar-refractivity contribution in [3.8, 4) is 0 Å². The van der Waals surface area contributed by atoms with Crippen molar-refractivity contribution in [1.82, 2.24) is 5.32 Å². The molecule has 2 nitrogen and oxygen atoms in total. The third-order valence-corrected chi connectivity index (χ3v) is 1.86. The molecular formula is C8H10F3NO.